The van der Waals surface area contributed by atoms with Crippen LogP contribution in [-0.2, 0) is 6.54 Å². The molecule has 0 atom stereocenters. The van der Waals surface area contributed by atoms with Crippen LogP contribution in [0.3, 0.4) is 0 Å². The minimum atomic E-state index is -0.843. The van der Waals surface area contributed by atoms with E-state index in [1.807, 2.05) is 24.3 Å². The second-order valence-corrected chi connectivity index (χ2v) is 8.04. The normalized spacial score (nSPS) is 14.4. The Morgan fingerprint density at radius 3 is 2.65 bits per heavy atom. The van der Waals surface area contributed by atoms with Crippen molar-refractivity contribution < 1.29 is 18.3 Å². The molecule has 0 radical (unpaired) electrons. The summed E-state index contributed by atoms with van der Waals surface area (Å²) < 4.78 is 32.2. The van der Waals surface area contributed by atoms with Crippen LogP contribution in [0.2, 0.25) is 0 Å². The summed E-state index contributed by atoms with van der Waals surface area (Å²) in [7, 11) is 1.69. The van der Waals surface area contributed by atoms with Crippen molar-refractivity contribution in [3.8, 4) is 5.75 Å². The molecule has 1 aliphatic heterocycles. The van der Waals surface area contributed by atoms with Gasteiger partial charge >= 0.3 is 6.03 Å². The van der Waals surface area contributed by atoms with E-state index in [0.717, 1.165) is 56.8 Å². The smallest absolute Gasteiger partial charge is 0.323 e. The van der Waals surface area contributed by atoms with Crippen LogP contribution in [0.4, 0.5) is 30.8 Å². The lowest BCUT2D eigenvalue weighted by Gasteiger charge is -2.23. The molecule has 9 heteroatoms. The highest BCUT2D eigenvalue weighted by Crippen LogP contribution is 2.22. The molecule has 1 saturated heterocycles. The van der Waals surface area contributed by atoms with Gasteiger partial charge in [0, 0.05) is 44.4 Å². The number of halogens is 2. The van der Waals surface area contributed by atoms with Crippen LogP contribution in [0, 0.1) is 11.6 Å². The number of carbonyl (C=O) groups excluding carboxylic acids is 1. The van der Waals surface area contributed by atoms with E-state index in [1.54, 1.807) is 19.4 Å². The number of anilines is 3. The number of benzene rings is 2. The molecule has 2 N–H and O–H groups in total. The fraction of sp³-hybridized carbons (Fsp3) is 0.280. The van der Waals surface area contributed by atoms with Gasteiger partial charge < -0.3 is 20.3 Å². The van der Waals surface area contributed by atoms with Crippen LogP contribution in [0.15, 0.2) is 60.8 Å². The summed E-state index contributed by atoms with van der Waals surface area (Å²) in [6.45, 7) is 4.42. The van der Waals surface area contributed by atoms with Gasteiger partial charge in [-0.25, -0.2) is 18.6 Å². The molecule has 7 nitrogen and oxygen atoms in total. The molecule has 0 aliphatic carbocycles. The molecule has 0 unspecified atom stereocenters. The summed E-state index contributed by atoms with van der Waals surface area (Å²) >= 11 is 0. The standard InChI is InChI=1S/C25H27F2N5O2/c1-34-23-6-3-2-5-18(23)17-31-11-4-12-32(14-13-31)24-10-8-20(16-28-24)29-25(33)30-22-9-7-19(26)15-21(22)27/h2-3,5-10,15-16H,4,11-14,17H2,1H3,(H2,29,30,33). The summed E-state index contributed by atoms with van der Waals surface area (Å²) in [5.74, 6) is 0.179. The highest BCUT2D eigenvalue weighted by atomic mass is 19.1. The molecule has 34 heavy (non-hydrogen) atoms. The van der Waals surface area contributed by atoms with Crippen LogP contribution in [0.1, 0.15) is 12.0 Å². The van der Waals surface area contributed by atoms with Gasteiger partial charge in [0.2, 0.25) is 0 Å². The first-order valence-corrected chi connectivity index (χ1v) is 11.1. The lowest BCUT2D eigenvalue weighted by Crippen LogP contribution is -2.31. The van der Waals surface area contributed by atoms with E-state index in [-0.39, 0.29) is 5.69 Å². The van der Waals surface area contributed by atoms with Crippen molar-refractivity contribution in [1.82, 2.24) is 9.88 Å². The number of methoxy groups -OCH3 is 1. The lowest BCUT2D eigenvalue weighted by atomic mass is 10.2. The molecule has 178 valence electrons. The number of hydrogen-bond donors (Lipinski definition) is 2. The monoisotopic (exact) mass is 467 g/mol. The first-order valence-electron chi connectivity index (χ1n) is 11.1. The van der Waals surface area contributed by atoms with Crippen LogP contribution in [0.25, 0.3) is 0 Å². The van der Waals surface area contributed by atoms with Gasteiger partial charge in [-0.05, 0) is 36.8 Å². The Labute approximate surface area is 197 Å². The maximum absolute atomic E-state index is 13.7. The molecule has 0 spiro atoms. The highest BCUT2D eigenvalue weighted by molar-refractivity contribution is 5.99. The molecule has 1 fully saturated rings. The maximum atomic E-state index is 13.7. The predicted octanol–water partition coefficient (Wildman–Crippen LogP) is 4.72. The SMILES string of the molecule is COc1ccccc1CN1CCCN(c2ccc(NC(=O)Nc3ccc(F)cc3F)cn2)CC1. The quantitative estimate of drug-likeness (QED) is 0.549. The van der Waals surface area contributed by atoms with Crippen LogP contribution in [0.5, 0.6) is 5.75 Å². The number of carbonyl (C=O) groups is 1. The average Bonchev–Trinajstić information content (AvgIpc) is 3.07. The molecule has 2 amide bonds. The number of nitrogens with zero attached hydrogens (tertiary/aromatic N) is 3. The van der Waals surface area contributed by atoms with Crippen molar-refractivity contribution in [3.63, 3.8) is 0 Å². The Bertz CT molecular complexity index is 1130. The van der Waals surface area contributed by atoms with Crippen molar-refractivity contribution in [2.45, 2.75) is 13.0 Å². The summed E-state index contributed by atoms with van der Waals surface area (Å²) in [6, 6.07) is 14.0. The Hall–Kier alpha value is -3.72. The molecule has 1 aromatic heterocycles. The van der Waals surface area contributed by atoms with Crippen LogP contribution in [-0.4, -0.2) is 49.2 Å². The first kappa shape index (κ1) is 23.4. The maximum Gasteiger partial charge on any atom is 0.323 e. The van der Waals surface area contributed by atoms with Gasteiger partial charge in [-0.15, -0.1) is 0 Å². The topological polar surface area (TPSA) is 69.7 Å². The number of urea groups is 1. The van der Waals surface area contributed by atoms with Gasteiger partial charge in [0.05, 0.1) is 24.7 Å². The van der Waals surface area contributed by atoms with Gasteiger partial charge in [0.15, 0.2) is 0 Å². The molecule has 0 saturated carbocycles. The first-order chi connectivity index (χ1) is 16.5. The van der Waals surface area contributed by atoms with E-state index < -0.39 is 17.7 Å². The number of ether oxygens (including phenoxy) is 1. The second kappa shape index (κ2) is 10.9. The zero-order valence-corrected chi connectivity index (χ0v) is 18.9. The fourth-order valence-electron chi connectivity index (χ4n) is 3.96. The predicted molar refractivity (Wildman–Crippen MR) is 128 cm³/mol. The van der Waals surface area contributed by atoms with Gasteiger partial charge in [-0.2, -0.15) is 0 Å². The zero-order chi connectivity index (χ0) is 23.9. The van der Waals surface area contributed by atoms with E-state index in [9.17, 15) is 13.6 Å². The molecular weight excluding hydrogens is 440 g/mol. The number of pyridine rings is 1. The lowest BCUT2D eigenvalue weighted by molar-refractivity contribution is 0.262. The van der Waals surface area contributed by atoms with E-state index in [1.165, 1.54) is 11.6 Å². The summed E-state index contributed by atoms with van der Waals surface area (Å²) in [4.78, 5) is 21.3. The number of rotatable bonds is 6. The largest absolute Gasteiger partial charge is 0.496 e. The molecule has 1 aliphatic rings. The Morgan fingerprint density at radius 2 is 1.88 bits per heavy atom. The number of para-hydroxylation sites is 1. The molecule has 2 heterocycles. The van der Waals surface area contributed by atoms with Crippen molar-refractivity contribution in [2.24, 2.45) is 0 Å². The van der Waals surface area contributed by atoms with Crippen LogP contribution < -0.4 is 20.3 Å². The summed E-state index contributed by atoms with van der Waals surface area (Å²) in [5, 5.41) is 4.97. The minimum Gasteiger partial charge on any atom is -0.496 e. The third kappa shape index (κ3) is 5.99. The average molecular weight is 468 g/mol. The van der Waals surface area contributed by atoms with E-state index in [0.29, 0.717) is 11.8 Å². The van der Waals surface area contributed by atoms with Crippen molar-refractivity contribution >= 4 is 23.2 Å². The minimum absolute atomic E-state index is 0.106. The van der Waals surface area contributed by atoms with Gasteiger partial charge in [0.1, 0.15) is 23.2 Å². The Kier molecular flexibility index (Phi) is 7.54. The molecule has 4 rings (SSSR count). The third-order valence-corrected chi connectivity index (χ3v) is 5.68. The fourth-order valence-corrected chi connectivity index (χ4v) is 3.96. The van der Waals surface area contributed by atoms with Crippen molar-refractivity contribution in [2.75, 3.05) is 48.8 Å². The molecule has 0 bridgehead atoms. The molecule has 2 aromatic carbocycles. The van der Waals surface area contributed by atoms with E-state index >= 15 is 0 Å². The summed E-state index contributed by atoms with van der Waals surface area (Å²) in [5.41, 5.74) is 1.54. The van der Waals surface area contributed by atoms with Crippen molar-refractivity contribution in [3.05, 3.63) is 78.0 Å². The van der Waals surface area contributed by atoms with Gasteiger partial charge in [-0.1, -0.05) is 18.2 Å². The molecule has 3 aromatic rings. The van der Waals surface area contributed by atoms with Crippen LogP contribution >= 0.6 is 0 Å². The Balaban J connectivity index is 1.31. The third-order valence-electron chi connectivity index (χ3n) is 5.68. The number of amides is 2. The number of aromatic nitrogens is 1. The van der Waals surface area contributed by atoms with Gasteiger partial charge in [-0.3, -0.25) is 4.90 Å². The van der Waals surface area contributed by atoms with E-state index in [2.05, 4.69) is 31.5 Å². The summed E-state index contributed by atoms with van der Waals surface area (Å²) in [6.07, 6.45) is 2.57. The second-order valence-electron chi connectivity index (χ2n) is 8.04. The number of hydrogen-bond acceptors (Lipinski definition) is 5. The Morgan fingerprint density at radius 1 is 1.03 bits per heavy atom. The zero-order valence-electron chi connectivity index (χ0n) is 18.9. The van der Waals surface area contributed by atoms with Gasteiger partial charge in [0.25, 0.3) is 0 Å². The van der Waals surface area contributed by atoms with E-state index in [4.69, 9.17) is 4.74 Å². The molecular formula is C25H27F2N5O2. The number of nitrogens with one attached hydrogen (secondary N) is 2. The highest BCUT2D eigenvalue weighted by Gasteiger charge is 2.17. The van der Waals surface area contributed by atoms with Crippen molar-refractivity contribution in [1.29, 1.82) is 0 Å².